The maximum absolute atomic E-state index is 11.8. The molecule has 0 aliphatic carbocycles. The fourth-order valence-electron chi connectivity index (χ4n) is 2.29. The summed E-state index contributed by atoms with van der Waals surface area (Å²) >= 11 is 11.9. The van der Waals surface area contributed by atoms with Gasteiger partial charge in [-0.15, -0.1) is 0 Å². The number of ether oxygens (including phenoxy) is 2. The van der Waals surface area contributed by atoms with Crippen LogP contribution >= 0.6 is 23.2 Å². The van der Waals surface area contributed by atoms with Crippen molar-refractivity contribution in [3.8, 4) is 0 Å². The van der Waals surface area contributed by atoms with Gasteiger partial charge < -0.3 is 14.8 Å². The van der Waals surface area contributed by atoms with Crippen LogP contribution in [0.3, 0.4) is 0 Å². The number of hydrogen-bond donors (Lipinski definition) is 1. The minimum absolute atomic E-state index is 0.0525. The van der Waals surface area contributed by atoms with E-state index in [4.69, 9.17) is 32.7 Å². The number of amides is 1. The van der Waals surface area contributed by atoms with Crippen molar-refractivity contribution >= 4 is 29.1 Å². The Hall–Kier alpha value is -0.810. The predicted molar refractivity (Wildman–Crippen MR) is 87.6 cm³/mol. The molecule has 22 heavy (non-hydrogen) atoms. The Morgan fingerprint density at radius 2 is 2.27 bits per heavy atom. The van der Waals surface area contributed by atoms with Gasteiger partial charge in [0.05, 0.1) is 19.1 Å². The van der Waals surface area contributed by atoms with E-state index in [0.29, 0.717) is 29.8 Å². The van der Waals surface area contributed by atoms with Gasteiger partial charge in [0.15, 0.2) is 0 Å². The van der Waals surface area contributed by atoms with E-state index in [0.717, 1.165) is 31.4 Å². The molecule has 1 aliphatic heterocycles. The zero-order valence-electron chi connectivity index (χ0n) is 12.4. The average Bonchev–Trinajstić information content (AvgIpc) is 2.99. The molecule has 0 bridgehead atoms. The monoisotopic (exact) mass is 345 g/mol. The first-order valence-corrected chi connectivity index (χ1v) is 8.30. The quantitative estimate of drug-likeness (QED) is 0.735. The number of hydrogen-bond acceptors (Lipinski definition) is 3. The molecule has 0 radical (unpaired) electrons. The second-order valence-corrected chi connectivity index (χ2v) is 6.17. The van der Waals surface area contributed by atoms with Crippen molar-refractivity contribution in [3.63, 3.8) is 0 Å². The van der Waals surface area contributed by atoms with Gasteiger partial charge >= 0.3 is 0 Å². The maximum atomic E-state index is 11.8. The third-order valence-corrected chi connectivity index (χ3v) is 4.07. The first kappa shape index (κ1) is 17.5. The van der Waals surface area contributed by atoms with Gasteiger partial charge in [-0.1, -0.05) is 29.3 Å². The third kappa shape index (κ3) is 6.13. The highest BCUT2D eigenvalue weighted by Crippen LogP contribution is 2.21. The molecule has 2 rings (SSSR count). The van der Waals surface area contributed by atoms with Gasteiger partial charge in [0.2, 0.25) is 5.91 Å². The first-order valence-electron chi connectivity index (χ1n) is 7.55. The summed E-state index contributed by atoms with van der Waals surface area (Å²) in [5, 5.41) is 3.94. The van der Waals surface area contributed by atoms with E-state index in [9.17, 15) is 4.79 Å². The van der Waals surface area contributed by atoms with Crippen LogP contribution in [-0.4, -0.2) is 38.4 Å². The third-order valence-electron chi connectivity index (χ3n) is 3.48. The van der Waals surface area contributed by atoms with Crippen LogP contribution in [0.4, 0.5) is 0 Å². The molecule has 1 N–H and O–H groups in total. The number of rotatable bonds is 8. The largest absolute Gasteiger partial charge is 0.379 e. The number of benzene rings is 1. The highest BCUT2D eigenvalue weighted by molar-refractivity contribution is 6.35. The highest BCUT2D eigenvalue weighted by Gasteiger charge is 2.15. The lowest BCUT2D eigenvalue weighted by atomic mass is 10.1. The highest BCUT2D eigenvalue weighted by atomic mass is 35.5. The zero-order chi connectivity index (χ0) is 15.8. The van der Waals surface area contributed by atoms with Crippen LogP contribution in [0.5, 0.6) is 0 Å². The van der Waals surface area contributed by atoms with Gasteiger partial charge in [0.1, 0.15) is 0 Å². The van der Waals surface area contributed by atoms with E-state index in [-0.39, 0.29) is 18.4 Å². The maximum Gasteiger partial charge on any atom is 0.224 e. The summed E-state index contributed by atoms with van der Waals surface area (Å²) in [6.07, 6.45) is 3.50. The number of carbonyl (C=O) groups excluding carboxylic acids is 1. The van der Waals surface area contributed by atoms with Crippen molar-refractivity contribution < 1.29 is 14.3 Å². The molecule has 1 aliphatic rings. The Labute approximate surface area is 141 Å². The van der Waals surface area contributed by atoms with Crippen molar-refractivity contribution in [1.82, 2.24) is 5.32 Å². The lowest BCUT2D eigenvalue weighted by Crippen LogP contribution is -2.27. The standard InChI is InChI=1S/C16H21Cl2NO3/c17-13-5-4-12(15(18)10-13)9-16(20)19-6-2-7-21-11-14-3-1-8-22-14/h4-5,10,14H,1-3,6-9,11H2,(H,19,20). The molecule has 4 nitrogen and oxygen atoms in total. The van der Waals surface area contributed by atoms with Gasteiger partial charge in [-0.2, -0.15) is 0 Å². The topological polar surface area (TPSA) is 47.6 Å². The molecule has 1 atom stereocenters. The summed E-state index contributed by atoms with van der Waals surface area (Å²) in [5.41, 5.74) is 0.776. The Morgan fingerprint density at radius 3 is 3.00 bits per heavy atom. The molecule has 122 valence electrons. The molecule has 6 heteroatoms. The van der Waals surface area contributed by atoms with E-state index in [2.05, 4.69) is 5.32 Å². The molecular weight excluding hydrogens is 325 g/mol. The van der Waals surface area contributed by atoms with Crippen LogP contribution in [-0.2, 0) is 20.7 Å². The van der Waals surface area contributed by atoms with Crippen LogP contribution in [0.15, 0.2) is 18.2 Å². The van der Waals surface area contributed by atoms with Crippen LogP contribution in [0.25, 0.3) is 0 Å². The Balaban J connectivity index is 1.55. The van der Waals surface area contributed by atoms with E-state index in [1.54, 1.807) is 18.2 Å². The van der Waals surface area contributed by atoms with Crippen molar-refractivity contribution in [2.75, 3.05) is 26.4 Å². The summed E-state index contributed by atoms with van der Waals surface area (Å²) in [4.78, 5) is 11.8. The summed E-state index contributed by atoms with van der Waals surface area (Å²) in [7, 11) is 0. The molecule has 1 aromatic carbocycles. The van der Waals surface area contributed by atoms with Crippen molar-refractivity contribution in [1.29, 1.82) is 0 Å². The second kappa shape index (κ2) is 9.36. The molecule has 0 spiro atoms. The normalized spacial score (nSPS) is 17.6. The number of carbonyl (C=O) groups is 1. The van der Waals surface area contributed by atoms with Crippen LogP contribution in [0, 0.1) is 0 Å². The van der Waals surface area contributed by atoms with E-state index < -0.39 is 0 Å². The van der Waals surface area contributed by atoms with E-state index >= 15 is 0 Å². The molecule has 1 saturated heterocycles. The lowest BCUT2D eigenvalue weighted by molar-refractivity contribution is -0.120. The van der Waals surface area contributed by atoms with E-state index in [1.807, 2.05) is 0 Å². The molecular formula is C16H21Cl2NO3. The molecule has 0 saturated carbocycles. The number of halogens is 2. The van der Waals surface area contributed by atoms with Crippen LogP contribution < -0.4 is 5.32 Å². The second-order valence-electron chi connectivity index (χ2n) is 5.33. The molecule has 1 aromatic rings. The van der Waals surface area contributed by atoms with Gasteiger partial charge in [-0.25, -0.2) is 0 Å². The van der Waals surface area contributed by atoms with Gasteiger partial charge in [0.25, 0.3) is 0 Å². The fraction of sp³-hybridized carbons (Fsp3) is 0.562. The molecule has 1 heterocycles. The average molecular weight is 346 g/mol. The SMILES string of the molecule is O=C(Cc1ccc(Cl)cc1Cl)NCCCOCC1CCCO1. The van der Waals surface area contributed by atoms with Crippen molar-refractivity contribution in [3.05, 3.63) is 33.8 Å². The Morgan fingerprint density at radius 1 is 1.41 bits per heavy atom. The first-order chi connectivity index (χ1) is 10.6. The molecule has 0 aromatic heterocycles. The van der Waals surface area contributed by atoms with Crippen molar-refractivity contribution in [2.45, 2.75) is 31.8 Å². The van der Waals surface area contributed by atoms with Gasteiger partial charge in [-0.05, 0) is 37.0 Å². The van der Waals surface area contributed by atoms with Crippen LogP contribution in [0.1, 0.15) is 24.8 Å². The zero-order valence-corrected chi connectivity index (χ0v) is 14.0. The summed E-state index contributed by atoms with van der Waals surface area (Å²) in [6, 6.07) is 5.15. The summed E-state index contributed by atoms with van der Waals surface area (Å²) in [5.74, 6) is -0.0525. The predicted octanol–water partition coefficient (Wildman–Crippen LogP) is 3.24. The molecule has 1 fully saturated rings. The smallest absolute Gasteiger partial charge is 0.224 e. The summed E-state index contributed by atoms with van der Waals surface area (Å²) in [6.45, 7) is 2.71. The summed E-state index contributed by atoms with van der Waals surface area (Å²) < 4.78 is 11.0. The minimum Gasteiger partial charge on any atom is -0.379 e. The Kier molecular flexibility index (Phi) is 7.46. The van der Waals surface area contributed by atoms with Crippen LogP contribution in [0.2, 0.25) is 10.0 Å². The van der Waals surface area contributed by atoms with E-state index in [1.165, 1.54) is 0 Å². The molecule has 1 amide bonds. The fourth-order valence-corrected chi connectivity index (χ4v) is 2.77. The van der Waals surface area contributed by atoms with Gasteiger partial charge in [-0.3, -0.25) is 4.79 Å². The van der Waals surface area contributed by atoms with Crippen molar-refractivity contribution in [2.24, 2.45) is 0 Å². The number of nitrogens with one attached hydrogen (secondary N) is 1. The van der Waals surface area contributed by atoms with Gasteiger partial charge in [0, 0.05) is 29.8 Å². The molecule has 1 unspecified atom stereocenters. The Bertz CT molecular complexity index is 490. The lowest BCUT2D eigenvalue weighted by Gasteiger charge is -2.10. The minimum atomic E-state index is -0.0525.